The van der Waals surface area contributed by atoms with Crippen molar-refractivity contribution in [3.05, 3.63) is 94.5 Å². The minimum Gasteiger partial charge on any atom is -0.348 e. The van der Waals surface area contributed by atoms with Crippen molar-refractivity contribution < 1.29 is 13.2 Å². The first kappa shape index (κ1) is 21.1. The number of anilines is 1. The summed E-state index contributed by atoms with van der Waals surface area (Å²) in [5.41, 5.74) is 3.81. The number of hydrogen-bond donors (Lipinski definition) is 2. The van der Waals surface area contributed by atoms with Crippen LogP contribution < -0.4 is 10.0 Å². The Balaban J connectivity index is 1.77. The summed E-state index contributed by atoms with van der Waals surface area (Å²) in [5, 5.41) is 11.6. The van der Waals surface area contributed by atoms with Crippen LogP contribution in [0.3, 0.4) is 0 Å². The predicted octanol–water partition coefficient (Wildman–Crippen LogP) is 3.91. The number of aryl methyl sites for hydroxylation is 2. The van der Waals surface area contributed by atoms with Crippen molar-refractivity contribution in [2.45, 2.75) is 25.3 Å². The maximum atomic E-state index is 12.7. The van der Waals surface area contributed by atoms with E-state index in [-0.39, 0.29) is 22.9 Å². The Labute approximate surface area is 176 Å². The molecular weight excluding hydrogens is 398 g/mol. The summed E-state index contributed by atoms with van der Waals surface area (Å²) in [6.07, 6.45) is 0. The van der Waals surface area contributed by atoms with Gasteiger partial charge in [0.2, 0.25) is 0 Å². The highest BCUT2D eigenvalue weighted by Crippen LogP contribution is 2.20. The third kappa shape index (κ3) is 5.04. The average Bonchev–Trinajstić information content (AvgIpc) is 2.74. The van der Waals surface area contributed by atoms with Crippen LogP contribution in [0.5, 0.6) is 0 Å². The first-order valence-electron chi connectivity index (χ1n) is 9.26. The third-order valence-electron chi connectivity index (χ3n) is 4.60. The van der Waals surface area contributed by atoms with Crippen molar-refractivity contribution in [1.82, 2.24) is 5.32 Å². The zero-order chi connectivity index (χ0) is 21.7. The van der Waals surface area contributed by atoms with E-state index in [0.717, 1.165) is 11.1 Å². The molecule has 0 bridgehead atoms. The van der Waals surface area contributed by atoms with Gasteiger partial charge in [0.1, 0.15) is 0 Å². The number of nitriles is 1. The van der Waals surface area contributed by atoms with Crippen LogP contribution in [0.1, 0.15) is 32.6 Å². The number of sulfonamides is 1. The fraction of sp³-hybridized carbons (Fsp3) is 0.130. The van der Waals surface area contributed by atoms with Crippen LogP contribution in [-0.4, -0.2) is 14.3 Å². The largest absolute Gasteiger partial charge is 0.348 e. The highest BCUT2D eigenvalue weighted by molar-refractivity contribution is 7.92. The first-order chi connectivity index (χ1) is 14.3. The summed E-state index contributed by atoms with van der Waals surface area (Å²) in [4.78, 5) is 12.7. The van der Waals surface area contributed by atoms with Gasteiger partial charge in [0.15, 0.2) is 0 Å². The van der Waals surface area contributed by atoms with E-state index in [1.165, 1.54) is 12.1 Å². The summed E-state index contributed by atoms with van der Waals surface area (Å²) >= 11 is 0. The molecule has 3 aromatic carbocycles. The minimum atomic E-state index is -3.83. The number of carbonyl (C=O) groups excluding carboxylic acids is 1. The minimum absolute atomic E-state index is 0.0113. The fourth-order valence-corrected chi connectivity index (χ4v) is 3.91. The molecule has 2 N–H and O–H groups in total. The quantitative estimate of drug-likeness (QED) is 0.633. The topological polar surface area (TPSA) is 99.1 Å². The van der Waals surface area contributed by atoms with Crippen LogP contribution in [0.4, 0.5) is 5.69 Å². The zero-order valence-electron chi connectivity index (χ0n) is 16.6. The Bertz CT molecular complexity index is 1210. The average molecular weight is 420 g/mol. The highest BCUT2D eigenvalue weighted by Gasteiger charge is 2.18. The van der Waals surface area contributed by atoms with Gasteiger partial charge in [0, 0.05) is 17.8 Å². The monoisotopic (exact) mass is 419 g/mol. The van der Waals surface area contributed by atoms with Crippen LogP contribution in [-0.2, 0) is 16.6 Å². The van der Waals surface area contributed by atoms with E-state index in [2.05, 4.69) is 10.0 Å². The van der Waals surface area contributed by atoms with E-state index in [4.69, 9.17) is 5.26 Å². The van der Waals surface area contributed by atoms with E-state index in [1.54, 1.807) is 49.4 Å². The fourth-order valence-electron chi connectivity index (χ4n) is 2.82. The molecule has 0 heterocycles. The lowest BCUT2D eigenvalue weighted by molar-refractivity contribution is 0.0950. The van der Waals surface area contributed by atoms with Crippen molar-refractivity contribution in [3.8, 4) is 6.07 Å². The van der Waals surface area contributed by atoms with E-state index < -0.39 is 10.0 Å². The summed E-state index contributed by atoms with van der Waals surface area (Å²) in [6, 6.07) is 20.4. The van der Waals surface area contributed by atoms with Gasteiger partial charge >= 0.3 is 0 Å². The lowest BCUT2D eigenvalue weighted by Gasteiger charge is -2.12. The summed E-state index contributed by atoms with van der Waals surface area (Å²) in [7, 11) is -3.83. The van der Waals surface area contributed by atoms with Crippen molar-refractivity contribution in [3.63, 3.8) is 0 Å². The SMILES string of the molecule is Cc1ccc(NS(=O)(=O)c2ccc(C)c(C(=O)NCc3ccc(C#N)cc3)c2)cc1. The van der Waals surface area contributed by atoms with E-state index >= 15 is 0 Å². The molecule has 0 radical (unpaired) electrons. The van der Waals surface area contributed by atoms with Crippen molar-refractivity contribution in [2.75, 3.05) is 4.72 Å². The second kappa shape index (κ2) is 8.80. The molecule has 0 aliphatic rings. The second-order valence-electron chi connectivity index (χ2n) is 6.94. The molecule has 0 spiro atoms. The van der Waals surface area contributed by atoms with Crippen molar-refractivity contribution in [1.29, 1.82) is 5.26 Å². The van der Waals surface area contributed by atoms with Crippen LogP contribution in [0, 0.1) is 25.2 Å². The van der Waals surface area contributed by atoms with Gasteiger partial charge < -0.3 is 5.32 Å². The maximum Gasteiger partial charge on any atom is 0.261 e. The molecule has 0 atom stereocenters. The smallest absolute Gasteiger partial charge is 0.261 e. The van der Waals surface area contributed by atoms with Gasteiger partial charge in [0.05, 0.1) is 16.5 Å². The Kier molecular flexibility index (Phi) is 6.19. The Morgan fingerprint density at radius 2 is 1.63 bits per heavy atom. The van der Waals surface area contributed by atoms with Crippen molar-refractivity contribution in [2.24, 2.45) is 0 Å². The zero-order valence-corrected chi connectivity index (χ0v) is 17.5. The number of rotatable bonds is 6. The number of nitrogens with one attached hydrogen (secondary N) is 2. The number of nitrogens with zero attached hydrogens (tertiary/aromatic N) is 1. The molecule has 6 nitrogen and oxygen atoms in total. The van der Waals surface area contributed by atoms with Crippen LogP contribution in [0.25, 0.3) is 0 Å². The Morgan fingerprint density at radius 3 is 2.27 bits per heavy atom. The van der Waals surface area contributed by atoms with Crippen LogP contribution in [0.2, 0.25) is 0 Å². The van der Waals surface area contributed by atoms with Gasteiger partial charge in [-0.25, -0.2) is 8.42 Å². The Morgan fingerprint density at radius 1 is 0.967 bits per heavy atom. The summed E-state index contributed by atoms with van der Waals surface area (Å²) in [5.74, 6) is -0.371. The highest BCUT2D eigenvalue weighted by atomic mass is 32.2. The van der Waals surface area contributed by atoms with Gasteiger partial charge in [-0.05, 0) is 61.4 Å². The third-order valence-corrected chi connectivity index (χ3v) is 5.98. The van der Waals surface area contributed by atoms with Gasteiger partial charge in [-0.3, -0.25) is 9.52 Å². The molecular formula is C23H21N3O3S. The van der Waals surface area contributed by atoms with Gasteiger partial charge in [-0.1, -0.05) is 35.9 Å². The standard InChI is InChI=1S/C23H21N3O3S/c1-16-3-10-20(11-4-16)26-30(28,29)21-12-5-17(2)22(13-21)23(27)25-15-19-8-6-18(14-24)7-9-19/h3-13,26H,15H2,1-2H3,(H,25,27). The van der Waals surface area contributed by atoms with Crippen molar-refractivity contribution >= 4 is 21.6 Å². The molecule has 0 saturated heterocycles. The molecule has 0 aromatic heterocycles. The molecule has 7 heteroatoms. The summed E-state index contributed by atoms with van der Waals surface area (Å²) in [6.45, 7) is 3.93. The van der Waals surface area contributed by atoms with E-state index in [9.17, 15) is 13.2 Å². The molecule has 0 fully saturated rings. The van der Waals surface area contributed by atoms with Gasteiger partial charge in [-0.15, -0.1) is 0 Å². The molecule has 3 aromatic rings. The van der Waals surface area contributed by atoms with Gasteiger partial charge in [-0.2, -0.15) is 5.26 Å². The lowest BCUT2D eigenvalue weighted by atomic mass is 10.1. The molecule has 3 rings (SSSR count). The molecule has 0 aliphatic heterocycles. The molecule has 152 valence electrons. The lowest BCUT2D eigenvalue weighted by Crippen LogP contribution is -2.24. The number of hydrogen-bond acceptors (Lipinski definition) is 4. The van der Waals surface area contributed by atoms with E-state index in [1.807, 2.05) is 25.1 Å². The molecule has 0 unspecified atom stereocenters. The van der Waals surface area contributed by atoms with Gasteiger partial charge in [0.25, 0.3) is 15.9 Å². The number of amides is 1. The molecule has 0 aliphatic carbocycles. The molecule has 1 amide bonds. The van der Waals surface area contributed by atoms with E-state index in [0.29, 0.717) is 16.8 Å². The van der Waals surface area contributed by atoms with Crippen LogP contribution in [0.15, 0.2) is 71.6 Å². The number of carbonyl (C=O) groups is 1. The number of benzene rings is 3. The van der Waals surface area contributed by atoms with Crippen LogP contribution >= 0.6 is 0 Å². The first-order valence-corrected chi connectivity index (χ1v) is 10.7. The maximum absolute atomic E-state index is 12.7. The summed E-state index contributed by atoms with van der Waals surface area (Å²) < 4.78 is 28.0. The second-order valence-corrected chi connectivity index (χ2v) is 8.62. The molecule has 30 heavy (non-hydrogen) atoms. The molecule has 0 saturated carbocycles. The normalized spacial score (nSPS) is 10.8. The Hall–Kier alpha value is -3.63. The predicted molar refractivity (Wildman–Crippen MR) is 115 cm³/mol.